The van der Waals surface area contributed by atoms with Gasteiger partial charge in [-0.25, -0.2) is 0 Å². The zero-order chi connectivity index (χ0) is 13.4. The third kappa shape index (κ3) is 4.55. The van der Waals surface area contributed by atoms with Gasteiger partial charge in [0.05, 0.1) is 18.0 Å². The lowest BCUT2D eigenvalue weighted by Gasteiger charge is -2.23. The molecule has 3 N–H and O–H groups in total. The fourth-order valence-corrected chi connectivity index (χ4v) is 1.97. The summed E-state index contributed by atoms with van der Waals surface area (Å²) in [5, 5.41) is 3.54. The second-order valence-corrected chi connectivity index (χ2v) is 4.64. The topological polar surface area (TPSA) is 50.5 Å². The van der Waals surface area contributed by atoms with Crippen molar-refractivity contribution in [3.05, 3.63) is 24.3 Å². The van der Waals surface area contributed by atoms with Gasteiger partial charge >= 0.3 is 0 Å². The molecule has 1 rings (SSSR count). The number of hydrogen-bond acceptors (Lipinski definition) is 4. The molecule has 0 aromatic heterocycles. The molecule has 0 fully saturated rings. The van der Waals surface area contributed by atoms with E-state index in [1.165, 1.54) is 5.69 Å². The predicted octanol–water partition coefficient (Wildman–Crippen LogP) is 1.92. The average molecular weight is 251 g/mol. The van der Waals surface area contributed by atoms with Gasteiger partial charge in [0.1, 0.15) is 0 Å². The molecular weight excluding hydrogens is 226 g/mol. The van der Waals surface area contributed by atoms with E-state index in [2.05, 4.69) is 22.3 Å². The predicted molar refractivity (Wildman–Crippen MR) is 78.3 cm³/mol. The molecule has 0 radical (unpaired) electrons. The van der Waals surface area contributed by atoms with Crippen molar-refractivity contribution < 1.29 is 4.74 Å². The summed E-state index contributed by atoms with van der Waals surface area (Å²) in [4.78, 5) is 2.11. The van der Waals surface area contributed by atoms with Crippen LogP contribution in [0.3, 0.4) is 0 Å². The van der Waals surface area contributed by atoms with E-state index in [1.54, 1.807) is 7.11 Å². The van der Waals surface area contributed by atoms with Gasteiger partial charge in [-0.1, -0.05) is 12.1 Å². The Morgan fingerprint density at radius 3 is 2.67 bits per heavy atom. The lowest BCUT2D eigenvalue weighted by molar-refractivity contribution is 0.182. The normalized spacial score (nSPS) is 12.2. The highest BCUT2D eigenvalue weighted by atomic mass is 16.5. The van der Waals surface area contributed by atoms with E-state index in [0.29, 0.717) is 12.6 Å². The Bertz CT molecular complexity index is 342. The molecule has 1 atom stereocenters. The van der Waals surface area contributed by atoms with Gasteiger partial charge in [-0.2, -0.15) is 0 Å². The molecular formula is C14H25N3O. The minimum Gasteiger partial charge on any atom is -0.383 e. The molecule has 4 nitrogen and oxygen atoms in total. The molecule has 1 unspecified atom stereocenters. The summed E-state index contributed by atoms with van der Waals surface area (Å²) in [6.45, 7) is 1.42. The first-order valence-electron chi connectivity index (χ1n) is 6.41. The van der Waals surface area contributed by atoms with Gasteiger partial charge < -0.3 is 20.7 Å². The molecule has 0 bridgehead atoms. The van der Waals surface area contributed by atoms with Crippen molar-refractivity contribution in [2.45, 2.75) is 18.9 Å². The third-order valence-corrected chi connectivity index (χ3v) is 2.87. The summed E-state index contributed by atoms with van der Waals surface area (Å²) in [5.74, 6) is 0. The van der Waals surface area contributed by atoms with Crippen LogP contribution in [0.15, 0.2) is 24.3 Å². The van der Waals surface area contributed by atoms with Crippen molar-refractivity contribution in [3.8, 4) is 0 Å². The Morgan fingerprint density at radius 2 is 2.06 bits per heavy atom. The Labute approximate surface area is 110 Å². The molecule has 102 valence electrons. The Hall–Kier alpha value is -1.26. The molecule has 0 aliphatic rings. The number of nitrogens with zero attached hydrogens (tertiary/aromatic N) is 1. The van der Waals surface area contributed by atoms with Gasteiger partial charge in [-0.3, -0.25) is 0 Å². The van der Waals surface area contributed by atoms with Crippen molar-refractivity contribution in [3.63, 3.8) is 0 Å². The van der Waals surface area contributed by atoms with Crippen LogP contribution in [0.5, 0.6) is 0 Å². The summed E-state index contributed by atoms with van der Waals surface area (Å²) in [5.41, 5.74) is 7.89. The number of para-hydroxylation sites is 2. The number of rotatable bonds is 8. The Morgan fingerprint density at radius 1 is 1.33 bits per heavy atom. The van der Waals surface area contributed by atoms with Crippen LogP contribution in [0.4, 0.5) is 11.4 Å². The molecule has 1 aromatic rings. The van der Waals surface area contributed by atoms with Gasteiger partial charge in [0.25, 0.3) is 0 Å². The van der Waals surface area contributed by atoms with E-state index in [4.69, 9.17) is 10.5 Å². The average Bonchev–Trinajstić information content (AvgIpc) is 2.36. The molecule has 0 aliphatic heterocycles. The van der Waals surface area contributed by atoms with Crippen LogP contribution in [0.2, 0.25) is 0 Å². The summed E-state index contributed by atoms with van der Waals surface area (Å²) in [6, 6.07) is 8.60. The summed E-state index contributed by atoms with van der Waals surface area (Å²) >= 11 is 0. The van der Waals surface area contributed by atoms with E-state index in [0.717, 1.165) is 25.1 Å². The van der Waals surface area contributed by atoms with Crippen LogP contribution < -0.4 is 16.0 Å². The molecule has 0 saturated heterocycles. The number of benzene rings is 1. The van der Waals surface area contributed by atoms with Gasteiger partial charge in [-0.05, 0) is 31.5 Å². The highest BCUT2D eigenvalue weighted by molar-refractivity contribution is 5.69. The van der Waals surface area contributed by atoms with E-state index >= 15 is 0 Å². The van der Waals surface area contributed by atoms with E-state index in [-0.39, 0.29) is 0 Å². The zero-order valence-electron chi connectivity index (χ0n) is 11.6. The minimum atomic E-state index is 0.305. The second-order valence-electron chi connectivity index (χ2n) is 4.64. The maximum Gasteiger partial charge on any atom is 0.0664 e. The highest BCUT2D eigenvalue weighted by Gasteiger charge is 2.10. The number of anilines is 2. The van der Waals surface area contributed by atoms with Crippen molar-refractivity contribution in [2.75, 3.05) is 44.6 Å². The fourth-order valence-electron chi connectivity index (χ4n) is 1.97. The number of hydrogen-bond donors (Lipinski definition) is 2. The maximum atomic E-state index is 5.57. The van der Waals surface area contributed by atoms with Crippen LogP contribution in [-0.2, 0) is 4.74 Å². The highest BCUT2D eigenvalue weighted by Crippen LogP contribution is 2.24. The molecule has 18 heavy (non-hydrogen) atoms. The van der Waals surface area contributed by atoms with Crippen LogP contribution in [-0.4, -0.2) is 40.4 Å². The summed E-state index contributed by atoms with van der Waals surface area (Å²) in [6.07, 6.45) is 2.03. The van der Waals surface area contributed by atoms with Crippen LogP contribution in [0.25, 0.3) is 0 Å². The SMILES string of the molecule is COCC(CCCN)Nc1ccccc1N(C)C. The van der Waals surface area contributed by atoms with Gasteiger partial charge in [0.15, 0.2) is 0 Å². The van der Waals surface area contributed by atoms with Crippen LogP contribution >= 0.6 is 0 Å². The lowest BCUT2D eigenvalue weighted by atomic mass is 10.1. The molecule has 0 amide bonds. The van der Waals surface area contributed by atoms with Crippen molar-refractivity contribution in [2.24, 2.45) is 5.73 Å². The molecule has 4 heteroatoms. The molecule has 0 aliphatic carbocycles. The minimum absolute atomic E-state index is 0.305. The van der Waals surface area contributed by atoms with Crippen molar-refractivity contribution in [1.82, 2.24) is 0 Å². The Balaban J connectivity index is 2.73. The Kier molecular flexibility index (Phi) is 6.54. The first-order valence-corrected chi connectivity index (χ1v) is 6.41. The molecule has 0 saturated carbocycles. The molecule has 1 aromatic carbocycles. The zero-order valence-corrected chi connectivity index (χ0v) is 11.6. The largest absolute Gasteiger partial charge is 0.383 e. The van der Waals surface area contributed by atoms with E-state index < -0.39 is 0 Å². The fraction of sp³-hybridized carbons (Fsp3) is 0.571. The summed E-state index contributed by atoms with van der Waals surface area (Å²) in [7, 11) is 5.83. The van der Waals surface area contributed by atoms with Gasteiger partial charge in [-0.15, -0.1) is 0 Å². The second kappa shape index (κ2) is 7.95. The molecule has 0 spiro atoms. The number of ether oxygens (including phenoxy) is 1. The van der Waals surface area contributed by atoms with Crippen molar-refractivity contribution >= 4 is 11.4 Å². The molecule has 0 heterocycles. The lowest BCUT2D eigenvalue weighted by Crippen LogP contribution is -2.27. The standard InChI is InChI=1S/C14H25N3O/c1-17(2)14-9-5-4-8-13(14)16-12(11-18-3)7-6-10-15/h4-5,8-9,12,16H,6-7,10-11,15H2,1-3H3. The summed E-state index contributed by atoms with van der Waals surface area (Å²) < 4.78 is 5.26. The quantitative estimate of drug-likeness (QED) is 0.741. The first-order chi connectivity index (χ1) is 8.69. The first kappa shape index (κ1) is 14.8. The number of nitrogens with two attached hydrogens (primary N) is 1. The van der Waals surface area contributed by atoms with Crippen LogP contribution in [0.1, 0.15) is 12.8 Å². The van der Waals surface area contributed by atoms with Gasteiger partial charge in [0, 0.05) is 27.2 Å². The number of nitrogens with one attached hydrogen (secondary N) is 1. The van der Waals surface area contributed by atoms with Gasteiger partial charge in [0.2, 0.25) is 0 Å². The smallest absolute Gasteiger partial charge is 0.0664 e. The monoisotopic (exact) mass is 251 g/mol. The maximum absolute atomic E-state index is 5.57. The van der Waals surface area contributed by atoms with E-state index in [1.807, 2.05) is 26.2 Å². The third-order valence-electron chi connectivity index (χ3n) is 2.87. The van der Waals surface area contributed by atoms with Crippen molar-refractivity contribution in [1.29, 1.82) is 0 Å². The van der Waals surface area contributed by atoms with Crippen LogP contribution in [0, 0.1) is 0 Å². The van der Waals surface area contributed by atoms with E-state index in [9.17, 15) is 0 Å². The number of methoxy groups -OCH3 is 1.